The molecule has 24 heavy (non-hydrogen) atoms. The number of nitrogens with zero attached hydrogens (tertiary/aromatic N) is 3. The van der Waals surface area contributed by atoms with E-state index in [1.165, 1.54) is 6.39 Å². The van der Waals surface area contributed by atoms with Crippen LogP contribution in [0.2, 0.25) is 0 Å². The van der Waals surface area contributed by atoms with Crippen LogP contribution in [-0.2, 0) is 13.5 Å². The molecular formula is C18H15N3O3. The van der Waals surface area contributed by atoms with Gasteiger partial charge in [-0.15, -0.1) is 0 Å². The lowest BCUT2D eigenvalue weighted by molar-refractivity contribution is 0.0687. The Bertz CT molecular complexity index is 930. The molecule has 2 heterocycles. The van der Waals surface area contributed by atoms with Crippen molar-refractivity contribution in [2.75, 3.05) is 0 Å². The summed E-state index contributed by atoms with van der Waals surface area (Å²) in [7, 11) is 1.68. The fourth-order valence-electron chi connectivity index (χ4n) is 2.96. The van der Waals surface area contributed by atoms with Crippen molar-refractivity contribution in [3.05, 3.63) is 53.8 Å². The van der Waals surface area contributed by atoms with Crippen LogP contribution in [0, 0.1) is 11.3 Å². The minimum atomic E-state index is -1.05. The topological polar surface area (TPSA) is 92.1 Å². The first-order chi connectivity index (χ1) is 11.6. The van der Waals surface area contributed by atoms with Crippen LogP contribution in [-0.4, -0.2) is 20.6 Å². The predicted octanol–water partition coefficient (Wildman–Crippen LogP) is 3.48. The van der Waals surface area contributed by atoms with Gasteiger partial charge < -0.3 is 14.1 Å². The summed E-state index contributed by atoms with van der Waals surface area (Å²) in [5.41, 5.74) is 3.21. The number of rotatable bonds is 4. The molecule has 0 atom stereocenters. The van der Waals surface area contributed by atoms with Gasteiger partial charge in [-0.2, -0.15) is 5.26 Å². The molecule has 0 amide bonds. The number of carboxylic acid groups (broad SMARTS) is 1. The number of hydrogen-bond acceptors (Lipinski definition) is 4. The van der Waals surface area contributed by atoms with E-state index in [2.05, 4.69) is 11.1 Å². The SMILES string of the molecule is CCc1c(C#N)c(-c2ccc(-c3cnco3)cc2)c(C(=O)O)n1C. The minimum Gasteiger partial charge on any atom is -0.477 e. The lowest BCUT2D eigenvalue weighted by Crippen LogP contribution is -2.07. The second-order valence-corrected chi connectivity index (χ2v) is 5.32. The van der Waals surface area contributed by atoms with E-state index in [0.717, 1.165) is 5.56 Å². The van der Waals surface area contributed by atoms with Gasteiger partial charge in [-0.05, 0) is 12.0 Å². The van der Waals surface area contributed by atoms with Gasteiger partial charge in [-0.3, -0.25) is 0 Å². The van der Waals surface area contributed by atoms with Crippen LogP contribution in [0.4, 0.5) is 0 Å². The summed E-state index contributed by atoms with van der Waals surface area (Å²) >= 11 is 0. The standard InChI is InChI=1S/C18H15N3O3/c1-3-14-13(8-19)16(17(18(22)23)21(14)2)12-6-4-11(5-7-12)15-9-20-10-24-15/h4-7,9-10H,3H2,1-2H3,(H,22,23). The Balaban J connectivity index is 2.19. The van der Waals surface area contributed by atoms with Crippen molar-refractivity contribution in [2.24, 2.45) is 7.05 Å². The van der Waals surface area contributed by atoms with E-state index >= 15 is 0 Å². The molecule has 0 radical (unpaired) electrons. The number of aromatic nitrogens is 2. The number of benzene rings is 1. The highest BCUT2D eigenvalue weighted by atomic mass is 16.4. The highest BCUT2D eigenvalue weighted by Crippen LogP contribution is 2.33. The maximum atomic E-state index is 11.7. The fourth-order valence-corrected chi connectivity index (χ4v) is 2.96. The van der Waals surface area contributed by atoms with Crippen molar-refractivity contribution in [2.45, 2.75) is 13.3 Å². The number of carboxylic acids is 1. The lowest BCUT2D eigenvalue weighted by atomic mass is 9.98. The maximum Gasteiger partial charge on any atom is 0.353 e. The van der Waals surface area contributed by atoms with E-state index in [1.807, 2.05) is 19.1 Å². The molecule has 120 valence electrons. The first kappa shape index (κ1) is 15.6. The molecule has 2 aromatic heterocycles. The average Bonchev–Trinajstić information content (AvgIpc) is 3.20. The average molecular weight is 321 g/mol. The lowest BCUT2D eigenvalue weighted by Gasteiger charge is -2.05. The largest absolute Gasteiger partial charge is 0.477 e. The summed E-state index contributed by atoms with van der Waals surface area (Å²) in [5, 5.41) is 19.1. The second kappa shape index (κ2) is 6.05. The van der Waals surface area contributed by atoms with Crippen LogP contribution >= 0.6 is 0 Å². The number of oxazole rings is 1. The van der Waals surface area contributed by atoms with Crippen molar-refractivity contribution in [3.8, 4) is 28.5 Å². The molecule has 6 heteroatoms. The summed E-state index contributed by atoms with van der Waals surface area (Å²) in [6.45, 7) is 1.90. The van der Waals surface area contributed by atoms with Crippen LogP contribution in [0.5, 0.6) is 0 Å². The van der Waals surface area contributed by atoms with E-state index in [9.17, 15) is 15.2 Å². The Kier molecular flexibility index (Phi) is 3.92. The number of carbonyl (C=O) groups is 1. The van der Waals surface area contributed by atoms with E-state index in [1.54, 1.807) is 29.9 Å². The molecule has 0 aliphatic carbocycles. The van der Waals surface area contributed by atoms with Crippen molar-refractivity contribution >= 4 is 5.97 Å². The fraction of sp³-hybridized carbons (Fsp3) is 0.167. The molecular weight excluding hydrogens is 306 g/mol. The highest BCUT2D eigenvalue weighted by Gasteiger charge is 2.25. The second-order valence-electron chi connectivity index (χ2n) is 5.32. The highest BCUT2D eigenvalue weighted by molar-refractivity contribution is 5.97. The van der Waals surface area contributed by atoms with Crippen LogP contribution in [0.1, 0.15) is 28.7 Å². The molecule has 0 aliphatic rings. The molecule has 0 fully saturated rings. The molecule has 6 nitrogen and oxygen atoms in total. The number of hydrogen-bond donors (Lipinski definition) is 1. The zero-order valence-corrected chi connectivity index (χ0v) is 13.3. The molecule has 0 saturated heterocycles. The van der Waals surface area contributed by atoms with Crippen LogP contribution in [0.25, 0.3) is 22.5 Å². The Hall–Kier alpha value is -3.33. The molecule has 1 aromatic carbocycles. The van der Waals surface area contributed by atoms with E-state index in [4.69, 9.17) is 4.42 Å². The van der Waals surface area contributed by atoms with Gasteiger partial charge in [0.1, 0.15) is 11.8 Å². The van der Waals surface area contributed by atoms with E-state index in [-0.39, 0.29) is 5.69 Å². The van der Waals surface area contributed by atoms with Gasteiger partial charge in [-0.25, -0.2) is 9.78 Å². The Morgan fingerprint density at radius 2 is 2.00 bits per heavy atom. The number of nitriles is 1. The summed E-state index contributed by atoms with van der Waals surface area (Å²) in [5.74, 6) is -0.425. The van der Waals surface area contributed by atoms with Gasteiger partial charge in [0.2, 0.25) is 0 Å². The van der Waals surface area contributed by atoms with Gasteiger partial charge in [0.25, 0.3) is 0 Å². The van der Waals surface area contributed by atoms with Gasteiger partial charge >= 0.3 is 5.97 Å². The molecule has 0 saturated carbocycles. The van der Waals surface area contributed by atoms with Crippen LogP contribution in [0.15, 0.2) is 41.3 Å². The zero-order chi connectivity index (χ0) is 17.3. The third-order valence-electron chi connectivity index (χ3n) is 4.06. The summed E-state index contributed by atoms with van der Waals surface area (Å²) in [4.78, 5) is 15.6. The molecule has 1 N–H and O–H groups in total. The van der Waals surface area contributed by atoms with Gasteiger partial charge in [0.15, 0.2) is 12.2 Å². The Morgan fingerprint density at radius 1 is 1.33 bits per heavy atom. The van der Waals surface area contributed by atoms with E-state index in [0.29, 0.717) is 34.6 Å². The van der Waals surface area contributed by atoms with Crippen molar-refractivity contribution < 1.29 is 14.3 Å². The van der Waals surface area contributed by atoms with Crippen molar-refractivity contribution in [3.63, 3.8) is 0 Å². The summed E-state index contributed by atoms with van der Waals surface area (Å²) < 4.78 is 6.83. The first-order valence-corrected chi connectivity index (χ1v) is 7.42. The molecule has 0 unspecified atom stereocenters. The van der Waals surface area contributed by atoms with Gasteiger partial charge in [0, 0.05) is 23.9 Å². The Labute approximate surface area is 138 Å². The molecule has 3 aromatic rings. The summed E-state index contributed by atoms with van der Waals surface area (Å²) in [6, 6.07) is 9.38. The van der Waals surface area contributed by atoms with Crippen LogP contribution < -0.4 is 0 Å². The van der Waals surface area contributed by atoms with Gasteiger partial charge in [-0.1, -0.05) is 31.2 Å². The quantitative estimate of drug-likeness (QED) is 0.794. The predicted molar refractivity (Wildman–Crippen MR) is 87.4 cm³/mol. The van der Waals surface area contributed by atoms with Crippen molar-refractivity contribution in [1.82, 2.24) is 9.55 Å². The normalized spacial score (nSPS) is 10.5. The monoisotopic (exact) mass is 321 g/mol. The third kappa shape index (κ3) is 2.36. The summed E-state index contributed by atoms with van der Waals surface area (Å²) in [6.07, 6.45) is 3.54. The first-order valence-electron chi connectivity index (χ1n) is 7.42. The zero-order valence-electron chi connectivity index (χ0n) is 13.3. The van der Waals surface area contributed by atoms with Crippen LogP contribution in [0.3, 0.4) is 0 Å². The van der Waals surface area contributed by atoms with Crippen molar-refractivity contribution in [1.29, 1.82) is 5.26 Å². The number of aromatic carboxylic acids is 1. The van der Waals surface area contributed by atoms with E-state index < -0.39 is 5.97 Å². The molecule has 3 rings (SSSR count). The smallest absolute Gasteiger partial charge is 0.353 e. The molecule has 0 aliphatic heterocycles. The van der Waals surface area contributed by atoms with Gasteiger partial charge in [0.05, 0.1) is 11.8 Å². The Morgan fingerprint density at radius 3 is 2.50 bits per heavy atom. The minimum absolute atomic E-state index is 0.121. The maximum absolute atomic E-state index is 11.7. The molecule has 0 bridgehead atoms. The third-order valence-corrected chi connectivity index (χ3v) is 4.06. The molecule has 0 spiro atoms.